The first-order chi connectivity index (χ1) is 19.9. The SMILES string of the molecule is COC1(CNC(=O)[C@@H]2Cc3cccc(c3)Oc3cccc(c3)CCC(=O)N[C@@H](CCN3CCOCC3)C(=O)N2)CC1. The van der Waals surface area contributed by atoms with Crippen LogP contribution in [0.5, 0.6) is 11.5 Å². The minimum absolute atomic E-state index is 0.215. The molecule has 4 bridgehead atoms. The molecule has 2 atom stereocenters. The summed E-state index contributed by atoms with van der Waals surface area (Å²) in [6, 6.07) is 13.6. The number of amides is 3. The molecular formula is C31H40N4O6. The number of methoxy groups -OCH3 is 1. The zero-order chi connectivity index (χ0) is 28.7. The normalized spacial score (nSPS) is 23.0. The molecule has 0 unspecified atom stereocenters. The molecule has 0 aromatic heterocycles. The van der Waals surface area contributed by atoms with E-state index >= 15 is 0 Å². The summed E-state index contributed by atoms with van der Waals surface area (Å²) in [4.78, 5) is 42.4. The van der Waals surface area contributed by atoms with Crippen molar-refractivity contribution in [3.63, 3.8) is 0 Å². The zero-order valence-electron chi connectivity index (χ0n) is 23.7. The highest BCUT2D eigenvalue weighted by Gasteiger charge is 2.43. The molecule has 0 spiro atoms. The van der Waals surface area contributed by atoms with E-state index in [0.29, 0.717) is 50.6 Å². The third-order valence-corrected chi connectivity index (χ3v) is 8.06. The van der Waals surface area contributed by atoms with Crippen molar-refractivity contribution in [2.75, 3.05) is 46.5 Å². The van der Waals surface area contributed by atoms with Gasteiger partial charge in [0, 0.05) is 46.1 Å². The number of nitrogens with one attached hydrogen (secondary N) is 3. The van der Waals surface area contributed by atoms with E-state index in [2.05, 4.69) is 20.9 Å². The van der Waals surface area contributed by atoms with Crippen molar-refractivity contribution in [2.24, 2.45) is 0 Å². The Hall–Kier alpha value is -3.47. The molecule has 1 aliphatic carbocycles. The first kappa shape index (κ1) is 29.0. The lowest BCUT2D eigenvalue weighted by atomic mass is 10.0. The first-order valence-electron chi connectivity index (χ1n) is 14.5. The summed E-state index contributed by atoms with van der Waals surface area (Å²) >= 11 is 0. The molecule has 2 fully saturated rings. The molecule has 0 radical (unpaired) electrons. The smallest absolute Gasteiger partial charge is 0.243 e. The van der Waals surface area contributed by atoms with Crippen LogP contribution in [-0.4, -0.2) is 86.8 Å². The average molecular weight is 565 g/mol. The standard InChI is InChI=1S/C31H40N4O6/c1-39-31(11-12-31)21-32-29(37)27-20-23-5-3-7-25(19-23)41-24-6-2-4-22(18-24)8-9-28(36)33-26(30(38)34-27)10-13-35-14-16-40-17-15-35/h2-7,18-19,26-27H,8-17,20-21H2,1H3,(H,32,37)(H,33,36)(H,34,38)/t26-,27-/m0/s1. The number of ether oxygens (including phenoxy) is 3. The molecule has 41 heavy (non-hydrogen) atoms. The van der Waals surface area contributed by atoms with E-state index in [1.807, 2.05) is 48.5 Å². The third kappa shape index (κ3) is 8.28. The number of carbonyl (C=O) groups excluding carboxylic acids is 3. The van der Waals surface area contributed by atoms with Gasteiger partial charge in [0.1, 0.15) is 23.6 Å². The summed E-state index contributed by atoms with van der Waals surface area (Å²) in [5.41, 5.74) is 1.49. The van der Waals surface area contributed by atoms with Crippen LogP contribution in [0.4, 0.5) is 0 Å². The zero-order valence-corrected chi connectivity index (χ0v) is 23.7. The number of hydrogen-bond donors (Lipinski definition) is 3. The van der Waals surface area contributed by atoms with Gasteiger partial charge in [-0.2, -0.15) is 0 Å². The van der Waals surface area contributed by atoms with E-state index < -0.39 is 12.1 Å². The van der Waals surface area contributed by atoms with Gasteiger partial charge in [0.15, 0.2) is 0 Å². The molecule has 5 rings (SSSR count). The van der Waals surface area contributed by atoms with E-state index in [9.17, 15) is 14.4 Å². The Morgan fingerprint density at radius 1 is 1.02 bits per heavy atom. The van der Waals surface area contributed by atoms with Crippen LogP contribution in [0, 0.1) is 0 Å². The van der Waals surface area contributed by atoms with Crippen molar-refractivity contribution in [1.29, 1.82) is 0 Å². The second kappa shape index (κ2) is 13.5. The Morgan fingerprint density at radius 3 is 2.44 bits per heavy atom. The van der Waals surface area contributed by atoms with Crippen LogP contribution in [-0.2, 0) is 36.7 Å². The van der Waals surface area contributed by atoms with Gasteiger partial charge in [-0.15, -0.1) is 0 Å². The van der Waals surface area contributed by atoms with Crippen molar-refractivity contribution in [3.8, 4) is 11.5 Å². The topological polar surface area (TPSA) is 118 Å². The largest absolute Gasteiger partial charge is 0.457 e. The molecule has 1 saturated carbocycles. The van der Waals surface area contributed by atoms with Crippen molar-refractivity contribution >= 4 is 17.7 Å². The van der Waals surface area contributed by atoms with Crippen LogP contribution in [0.15, 0.2) is 48.5 Å². The Labute approximate surface area is 241 Å². The fourth-order valence-electron chi connectivity index (χ4n) is 5.25. The summed E-state index contributed by atoms with van der Waals surface area (Å²) in [6.45, 7) is 3.88. The van der Waals surface area contributed by atoms with Gasteiger partial charge in [-0.3, -0.25) is 19.3 Å². The Balaban J connectivity index is 1.38. The second-order valence-electron chi connectivity index (χ2n) is 11.1. The molecule has 1 saturated heterocycles. The maximum Gasteiger partial charge on any atom is 0.243 e. The molecule has 220 valence electrons. The fourth-order valence-corrected chi connectivity index (χ4v) is 5.25. The Kier molecular flexibility index (Phi) is 9.53. The lowest BCUT2D eigenvalue weighted by molar-refractivity contribution is -0.132. The van der Waals surface area contributed by atoms with Gasteiger partial charge >= 0.3 is 0 Å². The van der Waals surface area contributed by atoms with Crippen LogP contribution in [0.3, 0.4) is 0 Å². The van der Waals surface area contributed by atoms with Crippen LogP contribution >= 0.6 is 0 Å². The summed E-state index contributed by atoms with van der Waals surface area (Å²) in [5, 5.41) is 8.88. The summed E-state index contributed by atoms with van der Waals surface area (Å²) < 4.78 is 17.1. The van der Waals surface area contributed by atoms with Crippen LogP contribution in [0.25, 0.3) is 0 Å². The summed E-state index contributed by atoms with van der Waals surface area (Å²) in [7, 11) is 1.65. The monoisotopic (exact) mass is 564 g/mol. The fraction of sp³-hybridized carbons (Fsp3) is 0.516. The number of morpholine rings is 1. The second-order valence-corrected chi connectivity index (χ2v) is 11.1. The molecule has 2 aliphatic heterocycles. The number of hydrogen-bond acceptors (Lipinski definition) is 7. The number of nitrogens with zero attached hydrogens (tertiary/aromatic N) is 1. The van der Waals surface area contributed by atoms with Gasteiger partial charge in [0.25, 0.3) is 0 Å². The predicted octanol–water partition coefficient (Wildman–Crippen LogP) is 1.95. The molecule has 3 amide bonds. The van der Waals surface area contributed by atoms with Crippen LogP contribution < -0.4 is 20.7 Å². The molecule has 3 aliphatic rings. The van der Waals surface area contributed by atoms with Crippen LogP contribution in [0.2, 0.25) is 0 Å². The Morgan fingerprint density at radius 2 is 1.73 bits per heavy atom. The number of benzene rings is 2. The van der Waals surface area contributed by atoms with E-state index in [-0.39, 0.29) is 36.2 Å². The van der Waals surface area contributed by atoms with Gasteiger partial charge < -0.3 is 30.2 Å². The summed E-state index contributed by atoms with van der Waals surface area (Å²) in [5.74, 6) is 0.427. The molecular weight excluding hydrogens is 524 g/mol. The van der Waals surface area contributed by atoms with E-state index in [1.165, 1.54) is 0 Å². The number of aryl methyl sites for hydroxylation is 1. The van der Waals surface area contributed by atoms with Crippen molar-refractivity contribution < 1.29 is 28.6 Å². The van der Waals surface area contributed by atoms with Crippen molar-refractivity contribution in [3.05, 3.63) is 59.7 Å². The Bertz CT molecular complexity index is 1230. The number of carbonyl (C=O) groups is 3. The van der Waals surface area contributed by atoms with Gasteiger partial charge in [-0.1, -0.05) is 24.3 Å². The lowest BCUT2D eigenvalue weighted by Crippen LogP contribution is -2.56. The van der Waals surface area contributed by atoms with E-state index in [1.54, 1.807) is 7.11 Å². The predicted molar refractivity (Wildman–Crippen MR) is 153 cm³/mol. The quantitative estimate of drug-likeness (QED) is 0.471. The molecule has 2 aromatic rings. The van der Waals surface area contributed by atoms with Crippen molar-refractivity contribution in [1.82, 2.24) is 20.9 Å². The minimum atomic E-state index is -0.843. The third-order valence-electron chi connectivity index (χ3n) is 8.06. The van der Waals surface area contributed by atoms with E-state index in [0.717, 1.165) is 37.1 Å². The molecule has 10 heteroatoms. The first-order valence-corrected chi connectivity index (χ1v) is 14.5. The summed E-state index contributed by atoms with van der Waals surface area (Å²) in [6.07, 6.45) is 3.20. The lowest BCUT2D eigenvalue weighted by Gasteiger charge is -2.29. The maximum absolute atomic E-state index is 13.7. The maximum atomic E-state index is 13.7. The molecule has 2 heterocycles. The average Bonchev–Trinajstić information content (AvgIpc) is 3.77. The van der Waals surface area contributed by atoms with Gasteiger partial charge in [0.05, 0.1) is 18.8 Å². The van der Waals surface area contributed by atoms with Gasteiger partial charge in [0.2, 0.25) is 17.7 Å². The number of fused-ring (bicyclic) bond motifs is 4. The molecule has 2 aromatic carbocycles. The highest BCUT2D eigenvalue weighted by atomic mass is 16.5. The molecule has 3 N–H and O–H groups in total. The van der Waals surface area contributed by atoms with Gasteiger partial charge in [-0.25, -0.2) is 0 Å². The van der Waals surface area contributed by atoms with Gasteiger partial charge in [-0.05, 0) is 61.1 Å². The highest BCUT2D eigenvalue weighted by Crippen LogP contribution is 2.38. The van der Waals surface area contributed by atoms with Crippen molar-refractivity contribution in [2.45, 2.75) is 56.2 Å². The van der Waals surface area contributed by atoms with E-state index in [4.69, 9.17) is 14.2 Å². The highest BCUT2D eigenvalue weighted by molar-refractivity contribution is 5.92. The minimum Gasteiger partial charge on any atom is -0.457 e. The van der Waals surface area contributed by atoms with Crippen LogP contribution in [0.1, 0.15) is 36.8 Å². The number of rotatable bonds is 7. The molecule has 10 nitrogen and oxygen atoms in total.